The van der Waals surface area contributed by atoms with E-state index in [0.717, 1.165) is 4.90 Å². The fraction of sp³-hybridized carbons (Fsp3) is 0.167. The summed E-state index contributed by atoms with van der Waals surface area (Å²) in [5.41, 5.74) is 0.650. The maximum atomic E-state index is 11.0. The van der Waals surface area contributed by atoms with Crippen LogP contribution in [0.4, 0.5) is 0 Å². The quantitative estimate of drug-likeness (QED) is 0.844. The highest BCUT2D eigenvalue weighted by Gasteiger charge is 2.19. The van der Waals surface area contributed by atoms with E-state index in [0.29, 0.717) is 17.2 Å². The standard InChI is InChI=1S/C12H11NO3S/c1-8-11(12(14)15)10(13-16-8)7-17-9-5-3-2-4-6-9/h2-6H,7H2,1H3,(H,14,15). The van der Waals surface area contributed by atoms with E-state index in [9.17, 15) is 4.79 Å². The fourth-order valence-corrected chi connectivity index (χ4v) is 2.31. The van der Waals surface area contributed by atoms with Crippen LogP contribution in [-0.2, 0) is 5.75 Å². The number of rotatable bonds is 4. The molecule has 0 atom stereocenters. The minimum absolute atomic E-state index is 0.174. The minimum Gasteiger partial charge on any atom is -0.477 e. The molecule has 0 fully saturated rings. The van der Waals surface area contributed by atoms with Gasteiger partial charge >= 0.3 is 5.97 Å². The molecule has 0 radical (unpaired) electrons. The van der Waals surface area contributed by atoms with Gasteiger partial charge in [0.15, 0.2) is 0 Å². The Morgan fingerprint density at radius 3 is 2.76 bits per heavy atom. The number of aromatic carboxylic acids is 1. The van der Waals surface area contributed by atoms with Crippen molar-refractivity contribution in [2.24, 2.45) is 0 Å². The highest BCUT2D eigenvalue weighted by Crippen LogP contribution is 2.24. The van der Waals surface area contributed by atoms with E-state index in [1.807, 2.05) is 30.3 Å². The van der Waals surface area contributed by atoms with Gasteiger partial charge < -0.3 is 9.63 Å². The average Bonchev–Trinajstić information content (AvgIpc) is 2.69. The molecular weight excluding hydrogens is 238 g/mol. The van der Waals surface area contributed by atoms with Crippen molar-refractivity contribution in [1.29, 1.82) is 0 Å². The maximum absolute atomic E-state index is 11.0. The van der Waals surface area contributed by atoms with Crippen molar-refractivity contribution in [2.75, 3.05) is 0 Å². The maximum Gasteiger partial charge on any atom is 0.341 e. The van der Waals surface area contributed by atoms with Gasteiger partial charge in [0.25, 0.3) is 0 Å². The number of nitrogens with zero attached hydrogens (tertiary/aromatic N) is 1. The molecule has 88 valence electrons. The van der Waals surface area contributed by atoms with Gasteiger partial charge in [-0.2, -0.15) is 0 Å². The number of carboxylic acid groups (broad SMARTS) is 1. The smallest absolute Gasteiger partial charge is 0.341 e. The second kappa shape index (κ2) is 5.05. The molecule has 4 nitrogen and oxygen atoms in total. The van der Waals surface area contributed by atoms with Gasteiger partial charge in [0.2, 0.25) is 0 Å². The lowest BCUT2D eigenvalue weighted by Gasteiger charge is -1.99. The molecule has 1 aromatic carbocycles. The molecule has 0 saturated heterocycles. The molecule has 5 heteroatoms. The molecule has 2 rings (SSSR count). The Kier molecular flexibility index (Phi) is 3.49. The highest BCUT2D eigenvalue weighted by molar-refractivity contribution is 7.98. The number of benzene rings is 1. The summed E-state index contributed by atoms with van der Waals surface area (Å²) >= 11 is 1.53. The Morgan fingerprint density at radius 2 is 2.12 bits per heavy atom. The summed E-state index contributed by atoms with van der Waals surface area (Å²) in [6.07, 6.45) is 0. The molecule has 0 saturated carbocycles. The van der Waals surface area contributed by atoms with E-state index in [1.165, 1.54) is 11.8 Å². The molecule has 0 aliphatic rings. The van der Waals surface area contributed by atoms with Crippen LogP contribution < -0.4 is 0 Å². The molecule has 1 aromatic heterocycles. The summed E-state index contributed by atoms with van der Waals surface area (Å²) in [6, 6.07) is 9.76. The number of aryl methyl sites for hydroxylation is 1. The zero-order chi connectivity index (χ0) is 12.3. The van der Waals surface area contributed by atoms with Gasteiger partial charge in [0, 0.05) is 10.6 Å². The van der Waals surface area contributed by atoms with Crippen molar-refractivity contribution in [3.05, 3.63) is 47.3 Å². The van der Waals surface area contributed by atoms with Crippen LogP contribution in [0.5, 0.6) is 0 Å². The van der Waals surface area contributed by atoms with E-state index >= 15 is 0 Å². The van der Waals surface area contributed by atoms with Gasteiger partial charge in [-0.25, -0.2) is 4.79 Å². The van der Waals surface area contributed by atoms with Crippen LogP contribution in [0, 0.1) is 6.92 Å². The molecule has 0 aliphatic heterocycles. The zero-order valence-corrected chi connectivity index (χ0v) is 10.0. The third kappa shape index (κ3) is 2.68. The first-order valence-corrected chi connectivity index (χ1v) is 6.03. The predicted molar refractivity (Wildman–Crippen MR) is 64.2 cm³/mol. The second-order valence-electron chi connectivity index (χ2n) is 3.47. The fourth-order valence-electron chi connectivity index (χ4n) is 1.46. The third-order valence-electron chi connectivity index (χ3n) is 2.27. The largest absolute Gasteiger partial charge is 0.477 e. The topological polar surface area (TPSA) is 63.3 Å². The van der Waals surface area contributed by atoms with Crippen molar-refractivity contribution in [2.45, 2.75) is 17.6 Å². The lowest BCUT2D eigenvalue weighted by Crippen LogP contribution is -2.00. The Hall–Kier alpha value is -1.75. The highest BCUT2D eigenvalue weighted by atomic mass is 32.2. The van der Waals surface area contributed by atoms with Gasteiger partial charge in [-0.3, -0.25) is 0 Å². The van der Waals surface area contributed by atoms with Crippen molar-refractivity contribution < 1.29 is 14.4 Å². The summed E-state index contributed by atoms with van der Waals surface area (Å²) < 4.78 is 4.90. The van der Waals surface area contributed by atoms with Crippen molar-refractivity contribution in [3.63, 3.8) is 0 Å². The van der Waals surface area contributed by atoms with Gasteiger partial charge in [0.1, 0.15) is 17.0 Å². The van der Waals surface area contributed by atoms with Crippen LogP contribution in [0.2, 0.25) is 0 Å². The second-order valence-corrected chi connectivity index (χ2v) is 4.52. The monoisotopic (exact) mass is 249 g/mol. The number of aromatic nitrogens is 1. The van der Waals surface area contributed by atoms with Crippen LogP contribution in [0.1, 0.15) is 21.8 Å². The molecule has 0 amide bonds. The SMILES string of the molecule is Cc1onc(CSc2ccccc2)c1C(=O)O. The summed E-state index contributed by atoms with van der Waals surface area (Å²) in [5.74, 6) is -0.156. The van der Waals surface area contributed by atoms with E-state index in [4.69, 9.17) is 9.63 Å². The Labute approximate surface area is 103 Å². The average molecular weight is 249 g/mol. The lowest BCUT2D eigenvalue weighted by molar-refractivity contribution is 0.0694. The van der Waals surface area contributed by atoms with Crippen LogP contribution in [0.25, 0.3) is 0 Å². The number of hydrogen-bond donors (Lipinski definition) is 1. The van der Waals surface area contributed by atoms with E-state index in [1.54, 1.807) is 6.92 Å². The molecule has 0 bridgehead atoms. The van der Waals surface area contributed by atoms with Crippen molar-refractivity contribution in [1.82, 2.24) is 5.16 Å². The van der Waals surface area contributed by atoms with Crippen LogP contribution in [0.15, 0.2) is 39.8 Å². The van der Waals surface area contributed by atoms with E-state index < -0.39 is 5.97 Å². The van der Waals surface area contributed by atoms with Gasteiger partial charge in [-0.15, -0.1) is 11.8 Å². The molecule has 0 aliphatic carbocycles. The number of thioether (sulfide) groups is 1. The molecule has 2 aromatic rings. The number of hydrogen-bond acceptors (Lipinski definition) is 4. The summed E-state index contributed by atoms with van der Waals surface area (Å²) in [7, 11) is 0. The Bertz CT molecular complexity index is 522. The normalized spacial score (nSPS) is 10.4. The third-order valence-corrected chi connectivity index (χ3v) is 3.29. The zero-order valence-electron chi connectivity index (χ0n) is 9.21. The van der Waals surface area contributed by atoms with Crippen LogP contribution in [-0.4, -0.2) is 16.2 Å². The molecule has 1 heterocycles. The summed E-state index contributed by atoms with van der Waals surface area (Å²) in [4.78, 5) is 12.1. The van der Waals surface area contributed by atoms with Crippen molar-refractivity contribution >= 4 is 17.7 Å². The molecule has 0 spiro atoms. The van der Waals surface area contributed by atoms with Gasteiger partial charge in [-0.05, 0) is 19.1 Å². The lowest BCUT2D eigenvalue weighted by atomic mass is 10.2. The van der Waals surface area contributed by atoms with E-state index in [-0.39, 0.29) is 5.56 Å². The van der Waals surface area contributed by atoms with Crippen molar-refractivity contribution in [3.8, 4) is 0 Å². The first-order valence-electron chi connectivity index (χ1n) is 5.05. The van der Waals surface area contributed by atoms with Gasteiger partial charge in [0.05, 0.1) is 0 Å². The summed E-state index contributed by atoms with van der Waals surface area (Å²) in [6.45, 7) is 1.60. The minimum atomic E-state index is -0.993. The Balaban J connectivity index is 2.12. The number of carbonyl (C=O) groups is 1. The Morgan fingerprint density at radius 1 is 1.41 bits per heavy atom. The molecule has 1 N–H and O–H groups in total. The molecular formula is C12H11NO3S. The summed E-state index contributed by atoms with van der Waals surface area (Å²) in [5, 5.41) is 12.8. The molecule has 17 heavy (non-hydrogen) atoms. The van der Waals surface area contributed by atoms with E-state index in [2.05, 4.69) is 5.16 Å². The predicted octanol–water partition coefficient (Wildman–Crippen LogP) is 2.97. The number of carboxylic acids is 1. The van der Waals surface area contributed by atoms with Crippen LogP contribution >= 0.6 is 11.8 Å². The van der Waals surface area contributed by atoms with Crippen LogP contribution in [0.3, 0.4) is 0 Å². The van der Waals surface area contributed by atoms with Gasteiger partial charge in [-0.1, -0.05) is 23.4 Å². The first kappa shape index (κ1) is 11.7. The molecule has 0 unspecified atom stereocenters. The first-order chi connectivity index (χ1) is 8.18.